The number of hydrogen-bond donors (Lipinski definition) is 0. The Kier molecular flexibility index (Phi) is 3.90. The van der Waals surface area contributed by atoms with E-state index in [1.165, 1.54) is 0 Å². The average Bonchev–Trinajstić information content (AvgIpc) is 2.35. The molecule has 0 atom stereocenters. The van der Waals surface area contributed by atoms with Gasteiger partial charge in [0.15, 0.2) is 17.5 Å². The van der Waals surface area contributed by atoms with Crippen LogP contribution in [0.4, 0.5) is 13.2 Å². The maximum atomic E-state index is 13.2. The van der Waals surface area contributed by atoms with Gasteiger partial charge in [0.2, 0.25) is 0 Å². The number of ether oxygens (including phenoxy) is 1. The molecular weight excluding hydrogens is 281 g/mol. The van der Waals surface area contributed by atoms with Crippen LogP contribution >= 0.6 is 0 Å². The first kappa shape index (κ1) is 14.7. The van der Waals surface area contributed by atoms with E-state index in [1.807, 2.05) is 12.1 Å². The van der Waals surface area contributed by atoms with Gasteiger partial charge in [-0.25, -0.2) is 13.2 Å². The molecule has 2 aromatic carbocycles. The van der Waals surface area contributed by atoms with E-state index in [4.69, 9.17) is 4.74 Å². The molecule has 20 heavy (non-hydrogen) atoms. The monoisotopic (exact) mass is 296 g/mol. The van der Waals surface area contributed by atoms with Gasteiger partial charge in [0.1, 0.15) is 11.5 Å². The topological polar surface area (TPSA) is 9.23 Å². The molecule has 0 radical (unpaired) electrons. The lowest BCUT2D eigenvalue weighted by Gasteiger charge is -2.20. The van der Waals surface area contributed by atoms with Crippen LogP contribution in [-0.2, 0) is 0 Å². The molecule has 0 aliphatic heterocycles. The van der Waals surface area contributed by atoms with Crippen LogP contribution in [0.25, 0.3) is 0 Å². The zero-order chi connectivity index (χ0) is 14.9. The Morgan fingerprint density at radius 2 is 1.45 bits per heavy atom. The van der Waals surface area contributed by atoms with Crippen LogP contribution in [0.3, 0.4) is 0 Å². The Morgan fingerprint density at radius 1 is 0.900 bits per heavy atom. The summed E-state index contributed by atoms with van der Waals surface area (Å²) in [5, 5.41) is 1.03. The van der Waals surface area contributed by atoms with Gasteiger partial charge in [-0.05, 0) is 11.3 Å². The van der Waals surface area contributed by atoms with Crippen LogP contribution in [0.15, 0.2) is 36.4 Å². The van der Waals surface area contributed by atoms with Gasteiger partial charge in [-0.1, -0.05) is 37.8 Å². The molecule has 0 unspecified atom stereocenters. The van der Waals surface area contributed by atoms with E-state index in [-0.39, 0.29) is 5.75 Å². The van der Waals surface area contributed by atoms with Gasteiger partial charge in [0.25, 0.3) is 0 Å². The van der Waals surface area contributed by atoms with Crippen LogP contribution in [-0.4, -0.2) is 8.07 Å². The lowest BCUT2D eigenvalue weighted by Crippen LogP contribution is -2.38. The molecule has 0 N–H and O–H groups in total. The first-order valence-electron chi connectivity index (χ1n) is 6.21. The molecule has 2 rings (SSSR count). The molecule has 0 saturated heterocycles. The predicted octanol–water partition coefficient (Wildman–Crippen LogP) is 4.44. The lowest BCUT2D eigenvalue weighted by molar-refractivity contribution is 0.424. The highest BCUT2D eigenvalue weighted by Crippen LogP contribution is 2.25. The molecule has 0 aliphatic carbocycles. The van der Waals surface area contributed by atoms with Crippen molar-refractivity contribution < 1.29 is 17.9 Å². The van der Waals surface area contributed by atoms with Gasteiger partial charge in [-0.15, -0.1) is 0 Å². The van der Waals surface area contributed by atoms with Crippen molar-refractivity contribution in [3.05, 3.63) is 53.8 Å². The van der Waals surface area contributed by atoms with Crippen LogP contribution in [0.5, 0.6) is 11.5 Å². The fourth-order valence-corrected chi connectivity index (χ4v) is 3.36. The third-order valence-corrected chi connectivity index (χ3v) is 4.91. The standard InChI is InChI=1S/C15H15F3OSi/c1-20(2,3)14-7-5-4-6-13(14)19-10-8-11(16)15(18)12(17)9-10/h4-9H,1-3H3. The predicted molar refractivity (Wildman–Crippen MR) is 75.8 cm³/mol. The normalized spacial score (nSPS) is 11.5. The van der Waals surface area contributed by atoms with E-state index < -0.39 is 25.5 Å². The largest absolute Gasteiger partial charge is 0.457 e. The van der Waals surface area contributed by atoms with E-state index in [0.29, 0.717) is 5.75 Å². The summed E-state index contributed by atoms with van der Waals surface area (Å²) in [6.07, 6.45) is 0. The number of para-hydroxylation sites is 1. The van der Waals surface area contributed by atoms with Gasteiger partial charge in [0, 0.05) is 12.1 Å². The van der Waals surface area contributed by atoms with Gasteiger partial charge in [0.05, 0.1) is 8.07 Å². The molecule has 5 heteroatoms. The summed E-state index contributed by atoms with van der Waals surface area (Å²) < 4.78 is 44.8. The molecule has 106 valence electrons. The van der Waals surface area contributed by atoms with Crippen molar-refractivity contribution in [1.82, 2.24) is 0 Å². The summed E-state index contributed by atoms with van der Waals surface area (Å²) in [5.74, 6) is -3.50. The maximum absolute atomic E-state index is 13.2. The summed E-state index contributed by atoms with van der Waals surface area (Å²) in [6.45, 7) is 6.42. The maximum Gasteiger partial charge on any atom is 0.194 e. The highest BCUT2D eigenvalue weighted by atomic mass is 28.3. The number of benzene rings is 2. The first-order valence-corrected chi connectivity index (χ1v) is 9.71. The van der Waals surface area contributed by atoms with E-state index in [2.05, 4.69) is 19.6 Å². The molecule has 1 nitrogen and oxygen atoms in total. The fraction of sp³-hybridized carbons (Fsp3) is 0.200. The highest BCUT2D eigenvalue weighted by Gasteiger charge is 2.21. The summed E-state index contributed by atoms with van der Waals surface area (Å²) in [5.41, 5.74) is 0. The first-order chi connectivity index (χ1) is 9.29. The molecule has 0 aromatic heterocycles. The average molecular weight is 296 g/mol. The second kappa shape index (κ2) is 5.32. The molecule has 0 saturated carbocycles. The molecule has 0 fully saturated rings. The Hall–Kier alpha value is -1.75. The number of rotatable bonds is 3. The quantitative estimate of drug-likeness (QED) is 0.601. The minimum atomic E-state index is -1.66. The number of hydrogen-bond acceptors (Lipinski definition) is 1. The van der Waals surface area contributed by atoms with Crippen molar-refractivity contribution >= 4 is 13.3 Å². The molecule has 0 spiro atoms. The Morgan fingerprint density at radius 3 is 2.00 bits per heavy atom. The van der Waals surface area contributed by atoms with Crippen molar-refractivity contribution in [2.24, 2.45) is 0 Å². The van der Waals surface area contributed by atoms with Gasteiger partial charge < -0.3 is 4.74 Å². The Labute approximate surface area is 117 Å². The smallest absolute Gasteiger partial charge is 0.194 e. The molecular formula is C15H15F3OSi. The lowest BCUT2D eigenvalue weighted by atomic mass is 10.3. The SMILES string of the molecule is C[Si](C)(C)c1ccccc1Oc1cc(F)c(F)c(F)c1. The zero-order valence-electron chi connectivity index (χ0n) is 11.5. The minimum Gasteiger partial charge on any atom is -0.457 e. The Balaban J connectivity index is 2.41. The van der Waals surface area contributed by atoms with E-state index in [1.54, 1.807) is 12.1 Å². The van der Waals surface area contributed by atoms with Crippen molar-refractivity contribution in [3.8, 4) is 11.5 Å². The molecule has 0 amide bonds. The molecule has 0 bridgehead atoms. The highest BCUT2D eigenvalue weighted by molar-refractivity contribution is 6.89. The van der Waals surface area contributed by atoms with Crippen LogP contribution in [0, 0.1) is 17.5 Å². The van der Waals surface area contributed by atoms with E-state index in [9.17, 15) is 13.2 Å². The zero-order valence-corrected chi connectivity index (χ0v) is 12.5. The van der Waals surface area contributed by atoms with Gasteiger partial charge >= 0.3 is 0 Å². The van der Waals surface area contributed by atoms with Gasteiger partial charge in [-0.3, -0.25) is 0 Å². The summed E-state index contributed by atoms with van der Waals surface area (Å²) in [6, 6.07) is 9.06. The van der Waals surface area contributed by atoms with E-state index in [0.717, 1.165) is 17.3 Å². The third-order valence-electron chi connectivity index (χ3n) is 2.88. The van der Waals surface area contributed by atoms with Crippen molar-refractivity contribution in [1.29, 1.82) is 0 Å². The Bertz CT molecular complexity index is 612. The fourth-order valence-electron chi connectivity index (χ4n) is 1.89. The number of halogens is 3. The second-order valence-corrected chi connectivity index (χ2v) is 10.6. The summed E-state index contributed by atoms with van der Waals surface area (Å²) in [4.78, 5) is 0. The second-order valence-electron chi connectivity index (χ2n) is 5.55. The molecule has 2 aromatic rings. The van der Waals surface area contributed by atoms with Crippen molar-refractivity contribution in [2.75, 3.05) is 0 Å². The van der Waals surface area contributed by atoms with Crippen LogP contribution in [0.2, 0.25) is 19.6 Å². The molecule has 0 aliphatic rings. The van der Waals surface area contributed by atoms with Gasteiger partial charge in [-0.2, -0.15) is 0 Å². The minimum absolute atomic E-state index is 0.0490. The molecule has 0 heterocycles. The summed E-state index contributed by atoms with van der Waals surface area (Å²) in [7, 11) is -1.66. The summed E-state index contributed by atoms with van der Waals surface area (Å²) >= 11 is 0. The van der Waals surface area contributed by atoms with E-state index >= 15 is 0 Å². The van der Waals surface area contributed by atoms with Crippen molar-refractivity contribution in [3.63, 3.8) is 0 Å². The third kappa shape index (κ3) is 3.04. The van der Waals surface area contributed by atoms with Crippen molar-refractivity contribution in [2.45, 2.75) is 19.6 Å². The van der Waals surface area contributed by atoms with Crippen LogP contribution < -0.4 is 9.92 Å². The van der Waals surface area contributed by atoms with Crippen LogP contribution in [0.1, 0.15) is 0 Å².